The van der Waals surface area contributed by atoms with E-state index in [4.69, 9.17) is 4.74 Å². The zero-order valence-corrected chi connectivity index (χ0v) is 22.2. The van der Waals surface area contributed by atoms with Gasteiger partial charge in [0.25, 0.3) is 22.2 Å². The van der Waals surface area contributed by atoms with Gasteiger partial charge in [-0.1, -0.05) is 0 Å². The zero-order chi connectivity index (χ0) is 27.6. The highest BCUT2D eigenvalue weighted by Crippen LogP contribution is 2.25. The molecule has 0 radical (unpaired) electrons. The summed E-state index contributed by atoms with van der Waals surface area (Å²) in [5, 5.41) is 3.88. The van der Waals surface area contributed by atoms with Gasteiger partial charge in [-0.2, -0.15) is 0 Å². The fourth-order valence-corrected chi connectivity index (χ4v) is 4.66. The first-order valence-corrected chi connectivity index (χ1v) is 12.4. The average molecular weight is 512 g/mol. The minimum atomic E-state index is -0.729. The van der Waals surface area contributed by atoms with Crippen molar-refractivity contribution in [2.75, 3.05) is 5.32 Å². The maximum Gasteiger partial charge on any atom is 0.266 e. The van der Waals surface area contributed by atoms with Gasteiger partial charge in [-0.05, 0) is 102 Å². The Kier molecular flexibility index (Phi) is 5.67. The molecule has 0 spiro atoms. The van der Waals surface area contributed by atoms with Gasteiger partial charge in [0.2, 0.25) is 0 Å². The van der Waals surface area contributed by atoms with Crippen molar-refractivity contribution in [3.63, 3.8) is 0 Å². The molecule has 1 N–H and O–H groups in total. The van der Waals surface area contributed by atoms with Crippen LogP contribution in [0.2, 0.25) is 0 Å². The van der Waals surface area contributed by atoms with E-state index in [1.54, 1.807) is 45.0 Å². The minimum absolute atomic E-state index is 0.0553. The Bertz CT molecular complexity index is 1810. The molecule has 0 aliphatic carbocycles. The molecular weight excluding hydrogens is 482 g/mol. The number of nitrogens with one attached hydrogen (secondary N) is 1. The third-order valence-corrected chi connectivity index (χ3v) is 6.27. The van der Waals surface area contributed by atoms with Crippen molar-refractivity contribution < 1.29 is 4.74 Å². The number of fused-ring (bicyclic) bond motifs is 2. The van der Waals surface area contributed by atoms with Gasteiger partial charge in [0, 0.05) is 16.8 Å². The molecule has 0 bridgehead atoms. The van der Waals surface area contributed by atoms with Crippen molar-refractivity contribution in [3.8, 4) is 17.2 Å². The summed E-state index contributed by atoms with van der Waals surface area (Å²) in [6.45, 7) is 11.5. The van der Waals surface area contributed by atoms with Gasteiger partial charge in [0.1, 0.15) is 11.5 Å². The third kappa shape index (κ3) is 4.32. The van der Waals surface area contributed by atoms with Crippen LogP contribution >= 0.6 is 0 Å². The fourth-order valence-electron chi connectivity index (χ4n) is 4.66. The van der Waals surface area contributed by atoms with Crippen LogP contribution in [-0.4, -0.2) is 14.7 Å². The maximum atomic E-state index is 13.2. The van der Waals surface area contributed by atoms with Crippen LogP contribution in [0.5, 0.6) is 11.5 Å². The van der Waals surface area contributed by atoms with E-state index in [0.29, 0.717) is 17.2 Å². The third-order valence-electron chi connectivity index (χ3n) is 6.27. The summed E-state index contributed by atoms with van der Waals surface area (Å²) in [7, 11) is 0. The molecule has 38 heavy (non-hydrogen) atoms. The second kappa shape index (κ2) is 8.55. The number of ether oxygens (including phenoxy) is 1. The highest BCUT2D eigenvalue weighted by atomic mass is 16.5. The molecule has 0 unspecified atom stereocenters. The predicted octanol–water partition coefficient (Wildman–Crippen LogP) is 4.66. The van der Waals surface area contributed by atoms with E-state index in [-0.39, 0.29) is 27.1 Å². The van der Waals surface area contributed by atoms with Gasteiger partial charge in [-0.3, -0.25) is 23.7 Å². The summed E-state index contributed by atoms with van der Waals surface area (Å²) >= 11 is 0. The van der Waals surface area contributed by atoms with Crippen LogP contribution in [0.1, 0.15) is 41.5 Å². The van der Waals surface area contributed by atoms with Crippen LogP contribution in [0.15, 0.2) is 79.8 Å². The fraction of sp³-hybridized carbons (Fsp3) is 0.267. The molecule has 0 amide bonds. The summed E-state index contributed by atoms with van der Waals surface area (Å²) in [5.41, 5.74) is -1.47. The Hall–Kier alpha value is -4.46. The zero-order valence-electron chi connectivity index (χ0n) is 22.2. The van der Waals surface area contributed by atoms with Gasteiger partial charge in [0.15, 0.2) is 0 Å². The van der Waals surface area contributed by atoms with Crippen LogP contribution in [0.3, 0.4) is 0 Å². The molecule has 0 fully saturated rings. The normalized spacial score (nSPS) is 12.4. The number of aromatic nitrogens is 2. The summed E-state index contributed by atoms with van der Waals surface area (Å²) in [5.74, 6) is 1.19. The molecule has 5 rings (SSSR count). The van der Waals surface area contributed by atoms with Crippen molar-refractivity contribution in [2.24, 2.45) is 0 Å². The van der Waals surface area contributed by atoms with Gasteiger partial charge in [-0.25, -0.2) is 4.57 Å². The smallest absolute Gasteiger partial charge is 0.266 e. The van der Waals surface area contributed by atoms with E-state index < -0.39 is 27.8 Å². The predicted molar refractivity (Wildman–Crippen MR) is 151 cm³/mol. The molecule has 0 aliphatic rings. The van der Waals surface area contributed by atoms with Gasteiger partial charge < -0.3 is 10.1 Å². The van der Waals surface area contributed by atoms with E-state index in [1.165, 1.54) is 12.1 Å². The van der Waals surface area contributed by atoms with Crippen molar-refractivity contribution >= 4 is 27.2 Å². The number of nitrogens with zero attached hydrogens (tertiary/aromatic N) is 2. The first-order chi connectivity index (χ1) is 17.7. The number of benzene rings is 3. The quantitative estimate of drug-likeness (QED) is 0.377. The summed E-state index contributed by atoms with van der Waals surface area (Å²) in [6.07, 6.45) is 0. The molecule has 3 aromatic carbocycles. The SMILES string of the molecule is CC(C)(C)Nc1ccc(Oc2ccc(-n3c(=O)c4cc5c(=O)n(C(C)(C)C)c(=O)c5cc4c3=O)cc2)cc1. The molecule has 8 nitrogen and oxygen atoms in total. The molecule has 0 atom stereocenters. The number of rotatable bonds is 4. The first kappa shape index (κ1) is 25.2. The molecule has 2 heterocycles. The summed E-state index contributed by atoms with van der Waals surface area (Å²) in [6, 6.07) is 16.9. The van der Waals surface area contributed by atoms with Gasteiger partial charge >= 0.3 is 0 Å². The molecule has 5 aromatic rings. The summed E-state index contributed by atoms with van der Waals surface area (Å²) < 4.78 is 8.12. The highest BCUT2D eigenvalue weighted by molar-refractivity contribution is 5.98. The Morgan fingerprint density at radius 1 is 0.605 bits per heavy atom. The summed E-state index contributed by atoms with van der Waals surface area (Å²) in [4.78, 5) is 52.4. The lowest BCUT2D eigenvalue weighted by Gasteiger charge is -2.22. The highest BCUT2D eigenvalue weighted by Gasteiger charge is 2.25. The van der Waals surface area contributed by atoms with Gasteiger partial charge in [0.05, 0.1) is 27.2 Å². The number of hydrogen-bond donors (Lipinski definition) is 1. The van der Waals surface area contributed by atoms with Crippen LogP contribution in [-0.2, 0) is 5.54 Å². The number of hydrogen-bond acceptors (Lipinski definition) is 6. The Morgan fingerprint density at radius 2 is 1.03 bits per heavy atom. The van der Waals surface area contributed by atoms with Crippen molar-refractivity contribution in [2.45, 2.75) is 52.6 Å². The Morgan fingerprint density at radius 3 is 1.45 bits per heavy atom. The van der Waals surface area contributed by atoms with Crippen LogP contribution in [0.25, 0.3) is 27.2 Å². The van der Waals surface area contributed by atoms with E-state index >= 15 is 0 Å². The number of anilines is 1. The van der Waals surface area contributed by atoms with Crippen LogP contribution < -0.4 is 32.3 Å². The van der Waals surface area contributed by atoms with E-state index in [0.717, 1.165) is 14.8 Å². The topological polar surface area (TPSA) is 99.4 Å². The Balaban J connectivity index is 1.49. The minimum Gasteiger partial charge on any atom is -0.457 e. The van der Waals surface area contributed by atoms with E-state index in [9.17, 15) is 19.2 Å². The van der Waals surface area contributed by atoms with Crippen LogP contribution in [0, 0.1) is 0 Å². The maximum absolute atomic E-state index is 13.2. The van der Waals surface area contributed by atoms with Gasteiger partial charge in [-0.15, -0.1) is 0 Å². The Labute approximate surface area is 218 Å². The van der Waals surface area contributed by atoms with Crippen LogP contribution in [0.4, 0.5) is 5.69 Å². The lowest BCUT2D eigenvalue weighted by Crippen LogP contribution is -2.38. The first-order valence-electron chi connectivity index (χ1n) is 12.4. The molecular formula is C30H29N3O5. The largest absolute Gasteiger partial charge is 0.457 e. The lowest BCUT2D eigenvalue weighted by molar-refractivity contribution is 0.380. The second-order valence-corrected chi connectivity index (χ2v) is 11.5. The second-order valence-electron chi connectivity index (χ2n) is 11.5. The molecule has 0 aliphatic heterocycles. The molecule has 0 saturated carbocycles. The average Bonchev–Trinajstić information content (AvgIpc) is 3.23. The van der Waals surface area contributed by atoms with E-state index in [2.05, 4.69) is 26.1 Å². The van der Waals surface area contributed by atoms with Crippen molar-refractivity contribution in [1.82, 2.24) is 9.13 Å². The molecule has 194 valence electrons. The van der Waals surface area contributed by atoms with Crippen molar-refractivity contribution in [1.29, 1.82) is 0 Å². The molecule has 2 aromatic heterocycles. The lowest BCUT2D eigenvalue weighted by atomic mass is 10.1. The van der Waals surface area contributed by atoms with Crippen molar-refractivity contribution in [3.05, 3.63) is 102 Å². The molecule has 8 heteroatoms. The van der Waals surface area contributed by atoms with E-state index in [1.807, 2.05) is 24.3 Å². The molecule has 0 saturated heterocycles. The standard InChI is InChI=1S/C30H29N3O5/c1-29(2,3)31-17-7-11-19(12-8-17)38-20-13-9-18(10-14-20)32-25(34)21-15-23-24(16-22(21)26(32)35)28(37)33(27(23)36)30(4,5)6/h7-16,31H,1-6H3. The monoisotopic (exact) mass is 511 g/mol.